The van der Waals surface area contributed by atoms with Gasteiger partial charge in [-0.3, -0.25) is 4.90 Å². The molecule has 0 aliphatic carbocycles. The zero-order chi connectivity index (χ0) is 15.5. The summed E-state index contributed by atoms with van der Waals surface area (Å²) < 4.78 is 0. The molecule has 0 radical (unpaired) electrons. The predicted octanol–water partition coefficient (Wildman–Crippen LogP) is 4.98. The molecule has 2 aromatic rings. The first-order valence-electron chi connectivity index (χ1n) is 8.65. The molecule has 24 heavy (non-hydrogen) atoms. The molecule has 2 atom stereocenters. The highest BCUT2D eigenvalue weighted by molar-refractivity contribution is 5.89. The monoisotopic (exact) mass is 368 g/mol. The number of benzene rings is 2. The fourth-order valence-corrected chi connectivity index (χ4v) is 3.78. The molecule has 2 aromatic carbocycles. The second kappa shape index (κ2) is 9.62. The van der Waals surface area contributed by atoms with Crippen LogP contribution in [0.25, 0.3) is 10.8 Å². The smallest absolute Gasteiger partial charge is 0.0380 e. The van der Waals surface area contributed by atoms with Crippen LogP contribution in [0.5, 0.6) is 0 Å². The maximum Gasteiger partial charge on any atom is 0.0380 e. The van der Waals surface area contributed by atoms with Crippen molar-refractivity contribution < 1.29 is 0 Å². The van der Waals surface area contributed by atoms with Crippen molar-refractivity contribution in [2.75, 3.05) is 26.2 Å². The van der Waals surface area contributed by atoms with Gasteiger partial charge in [-0.05, 0) is 34.7 Å². The molecule has 1 unspecified atom stereocenters. The highest BCUT2D eigenvalue weighted by atomic mass is 35.5. The van der Waals surface area contributed by atoms with E-state index in [-0.39, 0.29) is 24.8 Å². The van der Waals surface area contributed by atoms with Crippen molar-refractivity contribution in [2.45, 2.75) is 33.2 Å². The van der Waals surface area contributed by atoms with E-state index in [0.29, 0.717) is 12.0 Å². The molecule has 0 amide bonds. The van der Waals surface area contributed by atoms with Gasteiger partial charge < -0.3 is 5.32 Å². The first-order chi connectivity index (χ1) is 10.7. The molecule has 4 heteroatoms. The van der Waals surface area contributed by atoms with Gasteiger partial charge in [0.2, 0.25) is 0 Å². The van der Waals surface area contributed by atoms with Gasteiger partial charge in [-0.1, -0.05) is 56.7 Å². The average molecular weight is 369 g/mol. The van der Waals surface area contributed by atoms with Crippen molar-refractivity contribution >= 4 is 35.6 Å². The van der Waals surface area contributed by atoms with E-state index < -0.39 is 0 Å². The summed E-state index contributed by atoms with van der Waals surface area (Å²) in [7, 11) is 0. The number of nitrogens with one attached hydrogen (secondary N) is 1. The summed E-state index contributed by atoms with van der Waals surface area (Å²) in [5.74, 6) is 0.671. The average Bonchev–Trinajstić information content (AvgIpc) is 2.58. The number of hydrogen-bond donors (Lipinski definition) is 1. The van der Waals surface area contributed by atoms with Crippen molar-refractivity contribution in [1.82, 2.24) is 10.2 Å². The largest absolute Gasteiger partial charge is 0.314 e. The standard InChI is InChI=1S/C20H28N2.2ClH/c1-4-15(2)20(22-13-11-21-12-14-22)19-10-9-16(3)17-7-5-6-8-18(17)19;;/h5-10,15,20-21H,4,11-14H2,1-3H3;2*1H/t15?,20-;;/m0../s1. The number of nitrogens with zero attached hydrogens (tertiary/aromatic N) is 1. The Morgan fingerprint density at radius 2 is 1.62 bits per heavy atom. The molecule has 0 bridgehead atoms. The topological polar surface area (TPSA) is 15.3 Å². The maximum atomic E-state index is 3.48. The van der Waals surface area contributed by atoms with Crippen molar-refractivity contribution in [3.63, 3.8) is 0 Å². The lowest BCUT2D eigenvalue weighted by Crippen LogP contribution is -2.46. The minimum atomic E-state index is 0. The van der Waals surface area contributed by atoms with E-state index in [1.54, 1.807) is 0 Å². The number of halogens is 2. The Morgan fingerprint density at radius 1 is 1.00 bits per heavy atom. The van der Waals surface area contributed by atoms with Crippen LogP contribution >= 0.6 is 24.8 Å². The zero-order valence-corrected chi connectivity index (χ0v) is 16.6. The molecule has 2 nitrogen and oxygen atoms in total. The SMILES string of the molecule is CCC(C)[C@@H](c1ccc(C)c2ccccc12)N1CCNCC1.Cl.Cl. The molecule has 1 aliphatic rings. The number of rotatable bonds is 4. The van der Waals surface area contributed by atoms with E-state index in [9.17, 15) is 0 Å². The van der Waals surface area contributed by atoms with Gasteiger partial charge in [-0.2, -0.15) is 0 Å². The quantitative estimate of drug-likeness (QED) is 0.817. The number of hydrogen-bond acceptors (Lipinski definition) is 2. The third-order valence-corrected chi connectivity index (χ3v) is 5.22. The fraction of sp³-hybridized carbons (Fsp3) is 0.500. The van der Waals surface area contributed by atoms with Crippen molar-refractivity contribution in [3.8, 4) is 0 Å². The lowest BCUT2D eigenvalue weighted by molar-refractivity contribution is 0.129. The highest BCUT2D eigenvalue weighted by Crippen LogP contribution is 2.36. The van der Waals surface area contributed by atoms with Gasteiger partial charge in [0, 0.05) is 32.2 Å². The van der Waals surface area contributed by atoms with E-state index >= 15 is 0 Å². The summed E-state index contributed by atoms with van der Waals surface area (Å²) in [6, 6.07) is 14.1. The molecule has 1 aliphatic heterocycles. The molecule has 1 saturated heterocycles. The summed E-state index contributed by atoms with van der Waals surface area (Å²) in [5.41, 5.74) is 2.89. The van der Waals surface area contributed by atoms with Crippen LogP contribution in [-0.2, 0) is 0 Å². The number of aryl methyl sites for hydroxylation is 1. The molecule has 1 heterocycles. The van der Waals surface area contributed by atoms with Crippen LogP contribution in [0.1, 0.15) is 37.4 Å². The normalized spacial score (nSPS) is 17.6. The van der Waals surface area contributed by atoms with Gasteiger partial charge in [0.15, 0.2) is 0 Å². The van der Waals surface area contributed by atoms with E-state index in [1.165, 1.54) is 28.3 Å². The van der Waals surface area contributed by atoms with Crippen LogP contribution in [0.15, 0.2) is 36.4 Å². The molecule has 0 spiro atoms. The Hall–Kier alpha value is -0.800. The lowest BCUT2D eigenvalue weighted by atomic mass is 9.86. The summed E-state index contributed by atoms with van der Waals surface area (Å²) in [5, 5.41) is 6.32. The highest BCUT2D eigenvalue weighted by Gasteiger charge is 2.27. The Bertz CT molecular complexity index is 639. The summed E-state index contributed by atoms with van der Waals surface area (Å²) >= 11 is 0. The van der Waals surface area contributed by atoms with Gasteiger partial charge in [0.1, 0.15) is 0 Å². The third kappa shape index (κ3) is 4.23. The van der Waals surface area contributed by atoms with E-state index in [2.05, 4.69) is 67.4 Å². The van der Waals surface area contributed by atoms with Crippen LogP contribution in [0.2, 0.25) is 0 Å². The van der Waals surface area contributed by atoms with E-state index in [4.69, 9.17) is 0 Å². The molecule has 0 aromatic heterocycles. The molecule has 0 saturated carbocycles. The second-order valence-corrected chi connectivity index (χ2v) is 6.63. The van der Waals surface area contributed by atoms with Crippen LogP contribution in [-0.4, -0.2) is 31.1 Å². The Kier molecular flexibility index (Phi) is 8.52. The van der Waals surface area contributed by atoms with Gasteiger partial charge in [-0.25, -0.2) is 0 Å². The fourth-order valence-electron chi connectivity index (χ4n) is 3.78. The lowest BCUT2D eigenvalue weighted by Gasteiger charge is -2.39. The molecule has 1 fully saturated rings. The summed E-state index contributed by atoms with van der Waals surface area (Å²) in [4.78, 5) is 2.68. The minimum Gasteiger partial charge on any atom is -0.314 e. The molecular weight excluding hydrogens is 339 g/mol. The zero-order valence-electron chi connectivity index (χ0n) is 14.9. The van der Waals surface area contributed by atoms with Crippen LogP contribution in [0.4, 0.5) is 0 Å². The third-order valence-electron chi connectivity index (χ3n) is 5.22. The first-order valence-corrected chi connectivity index (χ1v) is 8.65. The number of fused-ring (bicyclic) bond motifs is 1. The Morgan fingerprint density at radius 3 is 2.25 bits per heavy atom. The van der Waals surface area contributed by atoms with E-state index in [0.717, 1.165) is 26.2 Å². The Labute approximate surface area is 158 Å². The molecule has 134 valence electrons. The van der Waals surface area contributed by atoms with Gasteiger partial charge >= 0.3 is 0 Å². The summed E-state index contributed by atoms with van der Waals surface area (Å²) in [6.45, 7) is 11.5. The van der Waals surface area contributed by atoms with Crippen LogP contribution < -0.4 is 5.32 Å². The second-order valence-electron chi connectivity index (χ2n) is 6.63. The van der Waals surface area contributed by atoms with Crippen molar-refractivity contribution in [1.29, 1.82) is 0 Å². The van der Waals surface area contributed by atoms with Crippen LogP contribution in [0.3, 0.4) is 0 Å². The summed E-state index contributed by atoms with van der Waals surface area (Å²) in [6.07, 6.45) is 1.22. The Balaban J connectivity index is 0.00000144. The first kappa shape index (κ1) is 21.2. The minimum absolute atomic E-state index is 0. The van der Waals surface area contributed by atoms with E-state index in [1.807, 2.05) is 0 Å². The molecule has 3 rings (SSSR count). The van der Waals surface area contributed by atoms with Crippen molar-refractivity contribution in [3.05, 3.63) is 47.5 Å². The molecular formula is C20H30Cl2N2. The van der Waals surface area contributed by atoms with Gasteiger partial charge in [0.05, 0.1) is 0 Å². The molecule has 1 N–H and O–H groups in total. The van der Waals surface area contributed by atoms with Crippen LogP contribution in [0, 0.1) is 12.8 Å². The van der Waals surface area contributed by atoms with Gasteiger partial charge in [-0.15, -0.1) is 24.8 Å². The number of piperazine rings is 1. The predicted molar refractivity (Wildman–Crippen MR) is 110 cm³/mol. The van der Waals surface area contributed by atoms with Crippen molar-refractivity contribution in [2.24, 2.45) is 5.92 Å². The van der Waals surface area contributed by atoms with Gasteiger partial charge in [0.25, 0.3) is 0 Å². The maximum absolute atomic E-state index is 3.48.